The van der Waals surface area contributed by atoms with Crippen molar-refractivity contribution in [2.75, 3.05) is 27.2 Å². The topological polar surface area (TPSA) is 85.3 Å². The summed E-state index contributed by atoms with van der Waals surface area (Å²) >= 11 is 0. The highest BCUT2D eigenvalue weighted by Gasteiger charge is 2.37. The number of carbonyl (C=O) groups is 2. The van der Waals surface area contributed by atoms with E-state index in [2.05, 4.69) is 6.58 Å². The van der Waals surface area contributed by atoms with E-state index in [0.29, 0.717) is 22.9 Å². The number of phenols is 1. The predicted molar refractivity (Wildman–Crippen MR) is 157 cm³/mol. The molecule has 3 aromatic rings. The van der Waals surface area contributed by atoms with Crippen molar-refractivity contribution in [3.8, 4) is 22.6 Å². The van der Waals surface area contributed by atoms with Crippen molar-refractivity contribution >= 4 is 11.9 Å². The summed E-state index contributed by atoms with van der Waals surface area (Å²) in [4.78, 5) is 27.1. The third kappa shape index (κ3) is 8.82. The third-order valence-electron chi connectivity index (χ3n) is 6.31. The van der Waals surface area contributed by atoms with E-state index in [-0.39, 0.29) is 30.9 Å². The minimum absolute atomic E-state index is 0.00891. The van der Waals surface area contributed by atoms with Crippen LogP contribution in [0.3, 0.4) is 0 Å². The van der Waals surface area contributed by atoms with Gasteiger partial charge >= 0.3 is 18.1 Å². The van der Waals surface area contributed by atoms with E-state index in [9.17, 15) is 27.9 Å². The molecule has 1 unspecified atom stereocenters. The Labute approximate surface area is 253 Å². The van der Waals surface area contributed by atoms with Gasteiger partial charge in [0, 0.05) is 17.7 Å². The molecule has 1 atom stereocenters. The van der Waals surface area contributed by atoms with Gasteiger partial charge in [0.15, 0.2) is 0 Å². The summed E-state index contributed by atoms with van der Waals surface area (Å²) < 4.78 is 71.6. The summed E-state index contributed by atoms with van der Waals surface area (Å²) in [5.74, 6) is -4.05. The van der Waals surface area contributed by atoms with Crippen LogP contribution in [0.5, 0.6) is 11.5 Å². The quantitative estimate of drug-likeness (QED) is 0.139. The van der Waals surface area contributed by atoms with Crippen LogP contribution in [-0.4, -0.2) is 54.8 Å². The number of rotatable bonds is 11. The maximum atomic E-state index is 15.2. The molecule has 44 heavy (non-hydrogen) atoms. The molecule has 3 rings (SSSR count). The zero-order valence-electron chi connectivity index (χ0n) is 25.1. The van der Waals surface area contributed by atoms with Crippen molar-refractivity contribution in [2.24, 2.45) is 0 Å². The monoisotopic (exact) mass is 617 g/mol. The lowest BCUT2D eigenvalue weighted by Crippen LogP contribution is -2.28. The van der Waals surface area contributed by atoms with E-state index >= 15 is 4.39 Å². The number of ether oxygens (including phenoxy) is 3. The van der Waals surface area contributed by atoms with Crippen molar-refractivity contribution in [3.05, 3.63) is 95.3 Å². The average molecular weight is 618 g/mol. The number of benzene rings is 3. The van der Waals surface area contributed by atoms with E-state index in [1.54, 1.807) is 70.1 Å². The van der Waals surface area contributed by atoms with E-state index in [1.165, 1.54) is 18.2 Å². The lowest BCUT2D eigenvalue weighted by molar-refractivity contribution is -0.144. The molecule has 0 radical (unpaired) electrons. The Morgan fingerprint density at radius 3 is 2.18 bits per heavy atom. The molecule has 0 saturated carbocycles. The van der Waals surface area contributed by atoms with Crippen LogP contribution < -0.4 is 4.74 Å². The Kier molecular flexibility index (Phi) is 10.8. The highest BCUT2D eigenvalue weighted by Crippen LogP contribution is 2.40. The Hall–Kier alpha value is -4.38. The normalized spacial score (nSPS) is 12.5. The third-order valence-corrected chi connectivity index (χ3v) is 6.31. The molecular weight excluding hydrogens is 582 g/mol. The second kappa shape index (κ2) is 13.9. The van der Waals surface area contributed by atoms with E-state index in [1.807, 2.05) is 0 Å². The molecular formula is C33H35F4NO6. The molecule has 11 heteroatoms. The van der Waals surface area contributed by atoms with Gasteiger partial charge in [-0.1, -0.05) is 43.0 Å². The number of likely N-dealkylation sites (N-methyl/N-ethyl adjacent to an activating group) is 1. The van der Waals surface area contributed by atoms with Gasteiger partial charge in [-0.05, 0) is 70.3 Å². The molecule has 0 bridgehead atoms. The van der Waals surface area contributed by atoms with Gasteiger partial charge in [-0.2, -0.15) is 13.2 Å². The van der Waals surface area contributed by atoms with Crippen molar-refractivity contribution in [2.45, 2.75) is 45.1 Å². The van der Waals surface area contributed by atoms with Gasteiger partial charge in [0.2, 0.25) is 0 Å². The van der Waals surface area contributed by atoms with Crippen molar-refractivity contribution < 1.29 is 46.5 Å². The van der Waals surface area contributed by atoms with Gasteiger partial charge in [0.1, 0.15) is 41.7 Å². The maximum Gasteiger partial charge on any atom is 0.419 e. The Morgan fingerprint density at radius 2 is 1.64 bits per heavy atom. The fraction of sp³-hybridized carbons (Fsp3) is 0.333. The second-order valence-electron chi connectivity index (χ2n) is 11.3. The zero-order valence-corrected chi connectivity index (χ0v) is 25.1. The first-order valence-electron chi connectivity index (χ1n) is 13.6. The largest absolute Gasteiger partial charge is 0.506 e. The Bertz CT molecular complexity index is 1490. The summed E-state index contributed by atoms with van der Waals surface area (Å²) in [7, 11) is 3.53. The van der Waals surface area contributed by atoms with Crippen molar-refractivity contribution in [1.82, 2.24) is 4.90 Å². The van der Waals surface area contributed by atoms with Crippen LogP contribution in [0, 0.1) is 5.82 Å². The summed E-state index contributed by atoms with van der Waals surface area (Å²) in [6, 6.07) is 12.7. The molecule has 0 heterocycles. The van der Waals surface area contributed by atoms with Gasteiger partial charge < -0.3 is 24.2 Å². The molecule has 0 aromatic heterocycles. The Morgan fingerprint density at radius 1 is 1.00 bits per heavy atom. The molecule has 0 amide bonds. The number of nitrogens with zero attached hydrogens (tertiary/aromatic N) is 1. The first-order chi connectivity index (χ1) is 20.5. The lowest BCUT2D eigenvalue weighted by Gasteiger charge is -2.22. The number of hydrogen-bond acceptors (Lipinski definition) is 7. The number of esters is 2. The first kappa shape index (κ1) is 34.1. The van der Waals surface area contributed by atoms with Crippen LogP contribution in [0.4, 0.5) is 17.6 Å². The molecule has 7 nitrogen and oxygen atoms in total. The van der Waals surface area contributed by atoms with Crippen molar-refractivity contribution in [1.29, 1.82) is 0 Å². The molecule has 236 valence electrons. The molecule has 0 fully saturated rings. The minimum atomic E-state index is -4.89. The maximum absolute atomic E-state index is 15.2. The first-order valence-corrected chi connectivity index (χ1v) is 13.6. The standard InChI is InChI=1S/C33H35F4NO6/c1-7-16-42-30(40)25(18-38(5)6)24-14-10-21(17-27(24)34)20-8-12-23(13-9-20)43-19-22-11-15-26(33(35,36)37)29(39)28(22)31(41)44-32(2,3)4/h7-15,17,25,39H,1,16,18-19H2,2-6H3. The molecule has 3 aromatic carbocycles. The van der Waals surface area contributed by atoms with E-state index < -0.39 is 52.3 Å². The van der Waals surface area contributed by atoms with Crippen LogP contribution >= 0.6 is 0 Å². The smallest absolute Gasteiger partial charge is 0.419 e. The molecule has 0 aliphatic rings. The number of carbonyl (C=O) groups excluding carboxylic acids is 2. The van der Waals surface area contributed by atoms with E-state index in [4.69, 9.17) is 14.2 Å². The minimum Gasteiger partial charge on any atom is -0.506 e. The average Bonchev–Trinajstić information content (AvgIpc) is 2.92. The zero-order chi connectivity index (χ0) is 32.8. The van der Waals surface area contributed by atoms with Crippen molar-refractivity contribution in [3.63, 3.8) is 0 Å². The predicted octanol–water partition coefficient (Wildman–Crippen LogP) is 7.13. The molecule has 0 spiro atoms. The highest BCUT2D eigenvalue weighted by molar-refractivity contribution is 5.95. The summed E-state index contributed by atoms with van der Waals surface area (Å²) in [6.45, 7) is 8.07. The fourth-order valence-corrected chi connectivity index (χ4v) is 4.34. The van der Waals surface area contributed by atoms with Gasteiger partial charge in [-0.25, -0.2) is 9.18 Å². The molecule has 1 N–H and O–H groups in total. The number of halogens is 4. The second-order valence-corrected chi connectivity index (χ2v) is 11.3. The lowest BCUT2D eigenvalue weighted by atomic mass is 9.95. The number of aromatic hydroxyl groups is 1. The highest BCUT2D eigenvalue weighted by atomic mass is 19.4. The van der Waals surface area contributed by atoms with Crippen LogP contribution in [0.1, 0.15) is 53.7 Å². The van der Waals surface area contributed by atoms with Crippen LogP contribution in [0.2, 0.25) is 0 Å². The number of hydrogen-bond donors (Lipinski definition) is 1. The molecule has 0 aliphatic carbocycles. The van der Waals surface area contributed by atoms with Gasteiger partial charge in [0.25, 0.3) is 0 Å². The summed E-state index contributed by atoms with van der Waals surface area (Å²) in [5.41, 5.74) is -1.69. The molecule has 0 saturated heterocycles. The number of alkyl halides is 3. The van der Waals surface area contributed by atoms with Gasteiger partial charge in [-0.15, -0.1) is 0 Å². The summed E-state index contributed by atoms with van der Waals surface area (Å²) in [5, 5.41) is 10.4. The fourth-order valence-electron chi connectivity index (χ4n) is 4.34. The van der Waals surface area contributed by atoms with E-state index in [0.717, 1.165) is 6.07 Å². The van der Waals surface area contributed by atoms with Crippen LogP contribution in [-0.2, 0) is 27.1 Å². The number of phenolic OH excluding ortho intramolecular Hbond substituents is 1. The SMILES string of the molecule is C=CCOC(=O)C(CN(C)C)c1ccc(-c2ccc(OCc3ccc(C(F)(F)F)c(O)c3C(=O)OC(C)(C)C)cc2)cc1F. The summed E-state index contributed by atoms with van der Waals surface area (Å²) in [6.07, 6.45) is -3.46. The van der Waals surface area contributed by atoms with Crippen LogP contribution in [0.15, 0.2) is 67.3 Å². The Balaban J connectivity index is 1.83. The van der Waals surface area contributed by atoms with Gasteiger partial charge in [-0.3, -0.25) is 4.79 Å². The molecule has 0 aliphatic heterocycles. The van der Waals surface area contributed by atoms with Crippen LogP contribution in [0.25, 0.3) is 11.1 Å². The van der Waals surface area contributed by atoms with Gasteiger partial charge in [0.05, 0.1) is 11.5 Å².